The van der Waals surface area contributed by atoms with Crippen molar-refractivity contribution in [2.75, 3.05) is 0 Å². The normalized spacial score (nSPS) is 16.1. The number of hydrogen-bond donors (Lipinski definition) is 1. The van der Waals surface area contributed by atoms with Crippen LogP contribution in [0, 0.1) is 9.49 Å². The molecule has 1 fully saturated rings. The lowest BCUT2D eigenvalue weighted by Crippen LogP contribution is -2.18. The molecule has 1 aromatic heterocycles. The second-order valence-corrected chi connectivity index (χ2v) is 6.21. The van der Waals surface area contributed by atoms with Crippen LogP contribution in [-0.2, 0) is 4.79 Å². The van der Waals surface area contributed by atoms with Crippen molar-refractivity contribution in [2.24, 2.45) is 5.92 Å². The Hall–Kier alpha value is -1.51. The summed E-state index contributed by atoms with van der Waals surface area (Å²) in [7, 11) is 0. The molecule has 0 spiro atoms. The van der Waals surface area contributed by atoms with E-state index in [1.54, 1.807) is 4.68 Å². The molecule has 0 radical (unpaired) electrons. The van der Waals surface area contributed by atoms with Gasteiger partial charge in [0.15, 0.2) is 5.82 Å². The van der Waals surface area contributed by atoms with E-state index in [0.29, 0.717) is 11.7 Å². The molecule has 1 aliphatic rings. The van der Waals surface area contributed by atoms with Crippen LogP contribution in [0.3, 0.4) is 0 Å². The zero-order valence-electron chi connectivity index (χ0n) is 10.6. The fraction of sp³-hybridized carbons (Fsp3) is 0.385. The Morgan fingerprint density at radius 2 is 2.30 bits per heavy atom. The Kier molecular flexibility index (Phi) is 3.68. The maximum atomic E-state index is 11.1. The number of aliphatic carboxylic acids is 1. The summed E-state index contributed by atoms with van der Waals surface area (Å²) in [6.07, 6.45) is 2.15. The summed E-state index contributed by atoms with van der Waals surface area (Å²) in [6.45, 7) is 0. The van der Waals surface area contributed by atoms with Crippen LogP contribution in [-0.4, -0.2) is 31.3 Å². The van der Waals surface area contributed by atoms with E-state index in [-0.39, 0.29) is 12.5 Å². The van der Waals surface area contributed by atoms with Gasteiger partial charge in [0.25, 0.3) is 0 Å². The molecule has 1 N–H and O–H groups in total. The summed E-state index contributed by atoms with van der Waals surface area (Å²) in [4.78, 5) is 11.1. The number of carbonyl (C=O) groups is 1. The molecule has 6 nitrogen and oxygen atoms in total. The highest BCUT2D eigenvalue weighted by molar-refractivity contribution is 14.1. The molecule has 1 aromatic carbocycles. The van der Waals surface area contributed by atoms with E-state index in [2.05, 4.69) is 38.1 Å². The quantitative estimate of drug-likeness (QED) is 0.801. The lowest BCUT2D eigenvalue weighted by molar-refractivity contribution is -0.138. The summed E-state index contributed by atoms with van der Waals surface area (Å²) in [6, 6.07) is 7.71. The van der Waals surface area contributed by atoms with Crippen LogP contribution >= 0.6 is 22.6 Å². The minimum absolute atomic E-state index is 0.0621. The fourth-order valence-electron chi connectivity index (χ4n) is 2.35. The van der Waals surface area contributed by atoms with Crippen molar-refractivity contribution < 1.29 is 9.90 Å². The van der Waals surface area contributed by atoms with Gasteiger partial charge in [-0.05, 0) is 63.9 Å². The zero-order valence-corrected chi connectivity index (χ0v) is 12.8. The Morgan fingerprint density at radius 1 is 1.50 bits per heavy atom. The van der Waals surface area contributed by atoms with Gasteiger partial charge in [-0.3, -0.25) is 4.79 Å². The predicted molar refractivity (Wildman–Crippen MR) is 80.0 cm³/mol. The lowest BCUT2D eigenvalue weighted by atomic mass is 10.1. The molecule has 0 aliphatic heterocycles. The molecule has 0 saturated heterocycles. The number of carboxylic acids is 1. The number of hydrogen-bond acceptors (Lipinski definition) is 4. The second kappa shape index (κ2) is 5.47. The number of nitrogens with zero attached hydrogens (tertiary/aromatic N) is 4. The van der Waals surface area contributed by atoms with Gasteiger partial charge in [0.2, 0.25) is 0 Å². The molecule has 1 saturated carbocycles. The molecule has 1 unspecified atom stereocenters. The molecule has 0 amide bonds. The number of aromatic nitrogens is 4. The zero-order chi connectivity index (χ0) is 14.1. The Balaban J connectivity index is 1.98. The molecular formula is C13H13IN4O2. The average molecular weight is 384 g/mol. The first-order chi connectivity index (χ1) is 9.65. The van der Waals surface area contributed by atoms with Gasteiger partial charge < -0.3 is 5.11 Å². The van der Waals surface area contributed by atoms with E-state index in [4.69, 9.17) is 5.11 Å². The molecule has 1 aliphatic carbocycles. The molecule has 104 valence electrons. The first-order valence-electron chi connectivity index (χ1n) is 6.41. The van der Waals surface area contributed by atoms with Crippen LogP contribution < -0.4 is 0 Å². The van der Waals surface area contributed by atoms with Gasteiger partial charge >= 0.3 is 5.97 Å². The van der Waals surface area contributed by atoms with Crippen LogP contribution in [0.25, 0.3) is 11.4 Å². The van der Waals surface area contributed by atoms with E-state index < -0.39 is 5.97 Å². The van der Waals surface area contributed by atoms with Gasteiger partial charge in [-0.2, -0.15) is 0 Å². The van der Waals surface area contributed by atoms with Crippen molar-refractivity contribution in [1.82, 2.24) is 20.2 Å². The summed E-state index contributed by atoms with van der Waals surface area (Å²) in [5.74, 6) is 0.198. The molecule has 7 heteroatoms. The third kappa shape index (κ3) is 2.82. The number of rotatable bonds is 5. The number of benzene rings is 1. The van der Waals surface area contributed by atoms with E-state index >= 15 is 0 Å². The van der Waals surface area contributed by atoms with Crippen molar-refractivity contribution in [3.8, 4) is 11.4 Å². The molecule has 0 bridgehead atoms. The van der Waals surface area contributed by atoms with Crippen LogP contribution in [0.5, 0.6) is 0 Å². The molecule has 1 heterocycles. The largest absolute Gasteiger partial charge is 0.481 e. The van der Waals surface area contributed by atoms with Crippen LogP contribution in [0.4, 0.5) is 0 Å². The van der Waals surface area contributed by atoms with Gasteiger partial charge in [0.05, 0.1) is 12.5 Å². The van der Waals surface area contributed by atoms with Crippen LogP contribution in [0.1, 0.15) is 25.3 Å². The van der Waals surface area contributed by atoms with Crippen molar-refractivity contribution in [3.05, 3.63) is 27.8 Å². The van der Waals surface area contributed by atoms with Crippen molar-refractivity contribution in [1.29, 1.82) is 0 Å². The number of halogens is 1. The van der Waals surface area contributed by atoms with Gasteiger partial charge in [-0.1, -0.05) is 12.1 Å². The lowest BCUT2D eigenvalue weighted by Gasteiger charge is -2.15. The summed E-state index contributed by atoms with van der Waals surface area (Å²) in [5, 5.41) is 20.9. The summed E-state index contributed by atoms with van der Waals surface area (Å²) >= 11 is 2.23. The number of carboxylic acid groups (broad SMARTS) is 1. The first kappa shape index (κ1) is 13.5. The third-order valence-corrected chi connectivity index (χ3v) is 4.11. The monoisotopic (exact) mass is 384 g/mol. The molecule has 3 rings (SSSR count). The predicted octanol–water partition coefficient (Wildman–Crippen LogP) is 2.37. The minimum Gasteiger partial charge on any atom is -0.481 e. The van der Waals surface area contributed by atoms with Gasteiger partial charge in [0, 0.05) is 9.13 Å². The average Bonchev–Trinajstić information content (AvgIpc) is 3.12. The topological polar surface area (TPSA) is 80.9 Å². The number of tetrazole rings is 1. The highest BCUT2D eigenvalue weighted by atomic mass is 127. The Morgan fingerprint density at radius 3 is 2.95 bits per heavy atom. The maximum Gasteiger partial charge on any atom is 0.305 e. The fourth-order valence-corrected chi connectivity index (χ4v) is 2.89. The summed E-state index contributed by atoms with van der Waals surface area (Å²) in [5.41, 5.74) is 0.915. The minimum atomic E-state index is -0.814. The van der Waals surface area contributed by atoms with Crippen LogP contribution in [0.2, 0.25) is 0 Å². The van der Waals surface area contributed by atoms with E-state index in [9.17, 15) is 4.79 Å². The molecule has 2 aromatic rings. The van der Waals surface area contributed by atoms with Gasteiger partial charge in [-0.25, -0.2) is 4.68 Å². The standard InChI is InChI=1S/C13H13IN4O2/c14-10-3-1-2-9(6-10)13-15-16-17-18(13)11(7-12(19)20)8-4-5-8/h1-3,6,8,11H,4-5,7H2,(H,19,20). The molecular weight excluding hydrogens is 371 g/mol. The van der Waals surface area contributed by atoms with Crippen molar-refractivity contribution in [3.63, 3.8) is 0 Å². The Bertz CT molecular complexity index is 639. The van der Waals surface area contributed by atoms with Crippen LogP contribution in [0.15, 0.2) is 24.3 Å². The van der Waals surface area contributed by atoms with Crippen molar-refractivity contribution >= 4 is 28.6 Å². The SMILES string of the molecule is O=C(O)CC(C1CC1)n1nnnc1-c1cccc(I)c1. The first-order valence-corrected chi connectivity index (χ1v) is 7.48. The van der Waals surface area contributed by atoms with Crippen molar-refractivity contribution in [2.45, 2.75) is 25.3 Å². The van der Waals surface area contributed by atoms with E-state index in [0.717, 1.165) is 22.0 Å². The highest BCUT2D eigenvalue weighted by Crippen LogP contribution is 2.42. The molecule has 1 atom stereocenters. The second-order valence-electron chi connectivity index (χ2n) is 4.96. The smallest absolute Gasteiger partial charge is 0.305 e. The molecule has 20 heavy (non-hydrogen) atoms. The van der Waals surface area contributed by atoms with E-state index in [1.807, 2.05) is 24.3 Å². The van der Waals surface area contributed by atoms with Gasteiger partial charge in [0.1, 0.15) is 0 Å². The van der Waals surface area contributed by atoms with E-state index in [1.165, 1.54) is 0 Å². The summed E-state index contributed by atoms with van der Waals surface area (Å²) < 4.78 is 2.77. The highest BCUT2D eigenvalue weighted by Gasteiger charge is 2.36. The Labute approximate surface area is 129 Å². The van der Waals surface area contributed by atoms with Gasteiger partial charge in [-0.15, -0.1) is 5.10 Å². The third-order valence-electron chi connectivity index (χ3n) is 3.44. The maximum absolute atomic E-state index is 11.1.